The minimum Gasteiger partial charge on any atom is -0.291 e. The van der Waals surface area contributed by atoms with Gasteiger partial charge in [0, 0.05) is 12.1 Å². The summed E-state index contributed by atoms with van der Waals surface area (Å²) in [7, 11) is 4.36. The third kappa shape index (κ3) is 4.07. The van der Waals surface area contributed by atoms with E-state index in [0.29, 0.717) is 12.1 Å². The SMILES string of the molecule is CCC(C)N(C)CN(C)C(C)C. The summed E-state index contributed by atoms with van der Waals surface area (Å²) in [5.74, 6) is 0. The second-order valence-electron chi connectivity index (χ2n) is 4.01. The van der Waals surface area contributed by atoms with Gasteiger partial charge in [0.25, 0.3) is 0 Å². The summed E-state index contributed by atoms with van der Waals surface area (Å²) in [6.07, 6.45) is 1.22. The summed E-state index contributed by atoms with van der Waals surface area (Å²) in [6, 6.07) is 1.32. The highest BCUT2D eigenvalue weighted by Crippen LogP contribution is 2.02. The van der Waals surface area contributed by atoms with Gasteiger partial charge in [0.1, 0.15) is 0 Å². The van der Waals surface area contributed by atoms with Crippen molar-refractivity contribution in [1.82, 2.24) is 9.80 Å². The molecule has 0 spiro atoms. The van der Waals surface area contributed by atoms with Gasteiger partial charge in [0.15, 0.2) is 0 Å². The molecular formula is C10H24N2. The Morgan fingerprint density at radius 3 is 1.83 bits per heavy atom. The van der Waals surface area contributed by atoms with Crippen molar-refractivity contribution in [2.75, 3.05) is 20.8 Å². The monoisotopic (exact) mass is 172 g/mol. The number of hydrogen-bond acceptors (Lipinski definition) is 2. The highest BCUT2D eigenvalue weighted by atomic mass is 15.3. The predicted octanol–water partition coefficient (Wildman–Crippen LogP) is 2.01. The Bertz CT molecular complexity index is 112. The molecule has 0 heterocycles. The molecule has 2 nitrogen and oxygen atoms in total. The maximum Gasteiger partial charge on any atom is 0.0505 e. The van der Waals surface area contributed by atoms with Crippen molar-refractivity contribution in [2.45, 2.75) is 46.2 Å². The molecule has 1 unspecified atom stereocenters. The zero-order valence-corrected chi connectivity index (χ0v) is 9.46. The molecule has 0 aliphatic rings. The summed E-state index contributed by atoms with van der Waals surface area (Å²) >= 11 is 0. The van der Waals surface area contributed by atoms with Crippen LogP contribution in [0.5, 0.6) is 0 Å². The number of nitrogens with zero attached hydrogens (tertiary/aromatic N) is 2. The van der Waals surface area contributed by atoms with Crippen LogP contribution in [0.15, 0.2) is 0 Å². The summed E-state index contributed by atoms with van der Waals surface area (Å²) in [6.45, 7) is 10.0. The molecule has 0 aromatic rings. The molecule has 0 bridgehead atoms. The Kier molecular flexibility index (Phi) is 5.51. The highest BCUT2D eigenvalue weighted by molar-refractivity contribution is 4.62. The molecule has 2 heteroatoms. The molecule has 74 valence electrons. The third-order valence-electron chi connectivity index (χ3n) is 2.67. The maximum atomic E-state index is 2.39. The van der Waals surface area contributed by atoms with E-state index in [1.165, 1.54) is 6.42 Å². The van der Waals surface area contributed by atoms with Crippen LogP contribution in [0, 0.1) is 0 Å². The van der Waals surface area contributed by atoms with E-state index in [0.717, 1.165) is 6.67 Å². The molecule has 0 aliphatic heterocycles. The topological polar surface area (TPSA) is 6.48 Å². The van der Waals surface area contributed by atoms with Gasteiger partial charge in [-0.25, -0.2) is 0 Å². The van der Waals surface area contributed by atoms with Crippen LogP contribution < -0.4 is 0 Å². The third-order valence-corrected chi connectivity index (χ3v) is 2.67. The Hall–Kier alpha value is -0.0800. The molecule has 0 N–H and O–H groups in total. The van der Waals surface area contributed by atoms with E-state index in [1.807, 2.05) is 0 Å². The lowest BCUT2D eigenvalue weighted by molar-refractivity contribution is 0.121. The second-order valence-corrected chi connectivity index (χ2v) is 4.01. The lowest BCUT2D eigenvalue weighted by Crippen LogP contribution is -2.40. The van der Waals surface area contributed by atoms with E-state index in [9.17, 15) is 0 Å². The summed E-state index contributed by atoms with van der Waals surface area (Å²) in [5, 5.41) is 0. The van der Waals surface area contributed by atoms with Crippen LogP contribution in [0.25, 0.3) is 0 Å². The van der Waals surface area contributed by atoms with Gasteiger partial charge >= 0.3 is 0 Å². The highest BCUT2D eigenvalue weighted by Gasteiger charge is 2.10. The Labute approximate surface area is 77.5 Å². The van der Waals surface area contributed by atoms with E-state index >= 15 is 0 Å². The number of hydrogen-bond donors (Lipinski definition) is 0. The summed E-state index contributed by atoms with van der Waals surface area (Å²) < 4.78 is 0. The fourth-order valence-corrected chi connectivity index (χ4v) is 0.966. The first-order chi connectivity index (χ1) is 5.49. The maximum absolute atomic E-state index is 2.39. The van der Waals surface area contributed by atoms with Crippen LogP contribution in [-0.4, -0.2) is 42.6 Å². The molecule has 0 fully saturated rings. The van der Waals surface area contributed by atoms with Crippen molar-refractivity contribution >= 4 is 0 Å². The Morgan fingerprint density at radius 2 is 1.50 bits per heavy atom. The van der Waals surface area contributed by atoms with Gasteiger partial charge in [-0.15, -0.1) is 0 Å². The van der Waals surface area contributed by atoms with E-state index in [-0.39, 0.29) is 0 Å². The minimum absolute atomic E-state index is 0.636. The molecule has 0 aliphatic carbocycles. The predicted molar refractivity (Wildman–Crippen MR) is 55.3 cm³/mol. The van der Waals surface area contributed by atoms with Gasteiger partial charge in [-0.1, -0.05) is 6.92 Å². The van der Waals surface area contributed by atoms with Crippen LogP contribution >= 0.6 is 0 Å². The van der Waals surface area contributed by atoms with Crippen molar-refractivity contribution in [3.8, 4) is 0 Å². The van der Waals surface area contributed by atoms with Crippen LogP contribution in [0.3, 0.4) is 0 Å². The standard InChI is InChI=1S/C10H24N2/c1-7-10(4)12(6)8-11(5)9(2)3/h9-10H,7-8H2,1-6H3. The second kappa shape index (κ2) is 5.55. The lowest BCUT2D eigenvalue weighted by atomic mass is 10.2. The van der Waals surface area contributed by atoms with Gasteiger partial charge < -0.3 is 0 Å². The summed E-state index contributed by atoms with van der Waals surface area (Å²) in [5.41, 5.74) is 0. The Morgan fingerprint density at radius 1 is 1.00 bits per heavy atom. The Balaban J connectivity index is 3.75. The molecular weight excluding hydrogens is 148 g/mol. The van der Waals surface area contributed by atoms with Gasteiger partial charge in [-0.05, 0) is 41.3 Å². The molecule has 1 atom stereocenters. The first kappa shape index (κ1) is 11.9. The summed E-state index contributed by atoms with van der Waals surface area (Å²) in [4.78, 5) is 4.74. The van der Waals surface area contributed by atoms with Gasteiger partial charge in [-0.3, -0.25) is 9.80 Å². The van der Waals surface area contributed by atoms with Crippen molar-refractivity contribution < 1.29 is 0 Å². The van der Waals surface area contributed by atoms with E-state index in [2.05, 4.69) is 51.6 Å². The lowest BCUT2D eigenvalue weighted by Gasteiger charge is -2.30. The minimum atomic E-state index is 0.636. The van der Waals surface area contributed by atoms with Crippen molar-refractivity contribution in [1.29, 1.82) is 0 Å². The van der Waals surface area contributed by atoms with Gasteiger partial charge in [-0.2, -0.15) is 0 Å². The molecule has 0 amide bonds. The quantitative estimate of drug-likeness (QED) is 0.585. The van der Waals surface area contributed by atoms with Crippen LogP contribution in [0.2, 0.25) is 0 Å². The zero-order chi connectivity index (χ0) is 9.72. The first-order valence-electron chi connectivity index (χ1n) is 4.89. The fraction of sp³-hybridized carbons (Fsp3) is 1.00. The van der Waals surface area contributed by atoms with Gasteiger partial charge in [0.05, 0.1) is 6.67 Å². The zero-order valence-electron chi connectivity index (χ0n) is 9.46. The fourth-order valence-electron chi connectivity index (χ4n) is 0.966. The van der Waals surface area contributed by atoms with Crippen molar-refractivity contribution in [2.24, 2.45) is 0 Å². The normalized spacial score (nSPS) is 14.8. The molecule has 0 aromatic heterocycles. The molecule has 0 aromatic carbocycles. The van der Waals surface area contributed by atoms with E-state index in [1.54, 1.807) is 0 Å². The van der Waals surface area contributed by atoms with E-state index < -0.39 is 0 Å². The van der Waals surface area contributed by atoms with Crippen molar-refractivity contribution in [3.05, 3.63) is 0 Å². The van der Waals surface area contributed by atoms with E-state index in [4.69, 9.17) is 0 Å². The van der Waals surface area contributed by atoms with Crippen LogP contribution in [0.1, 0.15) is 34.1 Å². The van der Waals surface area contributed by atoms with Crippen molar-refractivity contribution in [3.63, 3.8) is 0 Å². The smallest absolute Gasteiger partial charge is 0.0505 e. The molecule has 0 saturated heterocycles. The molecule has 0 radical (unpaired) electrons. The number of rotatable bonds is 5. The molecule has 0 rings (SSSR count). The van der Waals surface area contributed by atoms with Gasteiger partial charge in [0.2, 0.25) is 0 Å². The van der Waals surface area contributed by atoms with Crippen LogP contribution in [0.4, 0.5) is 0 Å². The average Bonchev–Trinajstić information content (AvgIpc) is 2.02. The first-order valence-corrected chi connectivity index (χ1v) is 4.89. The van der Waals surface area contributed by atoms with Crippen LogP contribution in [-0.2, 0) is 0 Å². The average molecular weight is 172 g/mol. The molecule has 12 heavy (non-hydrogen) atoms. The molecule has 0 saturated carbocycles. The largest absolute Gasteiger partial charge is 0.291 e.